The van der Waals surface area contributed by atoms with Crippen LogP contribution in [0.15, 0.2) is 182 Å². The Kier molecular flexibility index (Phi) is 6.22. The first-order valence-electron chi connectivity index (χ1n) is 17.6. The van der Waals surface area contributed by atoms with Gasteiger partial charge in [-0.2, -0.15) is 0 Å². The molecule has 0 spiro atoms. The summed E-state index contributed by atoms with van der Waals surface area (Å²) in [5.74, 6) is 0. The Balaban J connectivity index is 1.19. The summed E-state index contributed by atoms with van der Waals surface area (Å²) in [6, 6.07) is 67.5. The Morgan fingerprint density at radius 3 is 1.55 bits per heavy atom. The van der Waals surface area contributed by atoms with Gasteiger partial charge in [-0.1, -0.05) is 164 Å². The SMILES string of the molecule is c1ccc2cc(-c3c4ccccc4c(-c4ccc(-c5cccc6c5ccc5sc7ccccc7c56)c5ccccc45)c4ccccc34)ccc2c1. The van der Waals surface area contributed by atoms with Crippen molar-refractivity contribution >= 4 is 85.4 Å². The molecule has 0 saturated carbocycles. The molecule has 0 unspecified atom stereocenters. The normalized spacial score (nSPS) is 11.9. The lowest BCUT2D eigenvalue weighted by Gasteiger charge is -2.20. The van der Waals surface area contributed by atoms with Crippen LogP contribution in [0, 0.1) is 0 Å². The smallest absolute Gasteiger partial charge is 0.0361 e. The van der Waals surface area contributed by atoms with Gasteiger partial charge in [0.15, 0.2) is 0 Å². The van der Waals surface area contributed by atoms with E-state index in [0.29, 0.717) is 0 Å². The molecule has 11 rings (SSSR count). The molecule has 1 heterocycles. The fourth-order valence-electron chi connectivity index (χ4n) is 8.64. The van der Waals surface area contributed by atoms with Gasteiger partial charge in [0.2, 0.25) is 0 Å². The lowest BCUT2D eigenvalue weighted by atomic mass is 9.83. The van der Waals surface area contributed by atoms with Crippen LogP contribution in [0.4, 0.5) is 0 Å². The van der Waals surface area contributed by atoms with Crippen LogP contribution in [-0.2, 0) is 0 Å². The zero-order valence-electron chi connectivity index (χ0n) is 27.7. The summed E-state index contributed by atoms with van der Waals surface area (Å²) in [6.45, 7) is 0. The quantitative estimate of drug-likeness (QED) is 0.165. The maximum atomic E-state index is 2.37. The molecule has 0 saturated heterocycles. The molecule has 0 aliphatic carbocycles. The van der Waals surface area contributed by atoms with Crippen molar-refractivity contribution in [1.82, 2.24) is 0 Å². The molecule has 0 nitrogen and oxygen atoms in total. The van der Waals surface area contributed by atoms with Crippen molar-refractivity contribution in [3.05, 3.63) is 182 Å². The van der Waals surface area contributed by atoms with Gasteiger partial charge in [-0.3, -0.25) is 0 Å². The molecular weight excluding hydrogens is 633 g/mol. The Morgan fingerprint density at radius 2 is 0.804 bits per heavy atom. The Labute approximate surface area is 299 Å². The van der Waals surface area contributed by atoms with E-state index >= 15 is 0 Å². The zero-order valence-corrected chi connectivity index (χ0v) is 28.5. The van der Waals surface area contributed by atoms with Gasteiger partial charge in [-0.05, 0) is 105 Å². The van der Waals surface area contributed by atoms with Gasteiger partial charge >= 0.3 is 0 Å². The molecule has 0 radical (unpaired) electrons. The molecule has 10 aromatic carbocycles. The average molecular weight is 663 g/mol. The molecule has 0 amide bonds. The molecule has 0 atom stereocenters. The number of hydrogen-bond donors (Lipinski definition) is 0. The standard InChI is InChI=1S/C50H30S/c1-2-13-32-30-33(25-24-31(32)12-1)48-40-16-5-7-18-42(40)49(43-19-8-6-17-41(43)48)44-27-26-37(34-14-3-4-15-36(34)44)35-21-11-22-39-38(35)28-29-47-50(39)45-20-9-10-23-46(45)51-47/h1-30H. The van der Waals surface area contributed by atoms with E-state index in [1.54, 1.807) is 0 Å². The second kappa shape index (κ2) is 11.1. The zero-order chi connectivity index (χ0) is 33.5. The molecule has 1 heteroatoms. The molecule has 0 fully saturated rings. The number of thiophene rings is 1. The second-order valence-electron chi connectivity index (χ2n) is 13.5. The molecule has 1 aromatic heterocycles. The molecular formula is C50H30S. The largest absolute Gasteiger partial charge is 0.135 e. The summed E-state index contributed by atoms with van der Waals surface area (Å²) in [5.41, 5.74) is 7.63. The van der Waals surface area contributed by atoms with Crippen molar-refractivity contribution in [2.45, 2.75) is 0 Å². The Bertz CT molecular complexity index is 3140. The van der Waals surface area contributed by atoms with E-state index in [1.807, 2.05) is 11.3 Å². The van der Waals surface area contributed by atoms with Crippen LogP contribution in [0.2, 0.25) is 0 Å². The van der Waals surface area contributed by atoms with Gasteiger partial charge in [-0.25, -0.2) is 0 Å². The first kappa shape index (κ1) is 28.5. The average Bonchev–Trinajstić information content (AvgIpc) is 3.59. The predicted molar refractivity (Wildman–Crippen MR) is 223 cm³/mol. The van der Waals surface area contributed by atoms with Gasteiger partial charge in [0, 0.05) is 20.2 Å². The maximum Gasteiger partial charge on any atom is 0.0361 e. The lowest BCUT2D eigenvalue weighted by Crippen LogP contribution is -1.93. The number of rotatable bonds is 3. The summed E-state index contributed by atoms with van der Waals surface area (Å²) < 4.78 is 2.68. The fraction of sp³-hybridized carbons (Fsp3) is 0. The van der Waals surface area contributed by atoms with Crippen LogP contribution in [0.25, 0.3) is 107 Å². The molecule has 236 valence electrons. The minimum atomic E-state index is 1.25. The topological polar surface area (TPSA) is 0 Å². The molecule has 0 bridgehead atoms. The highest BCUT2D eigenvalue weighted by Gasteiger charge is 2.20. The molecule has 51 heavy (non-hydrogen) atoms. The van der Waals surface area contributed by atoms with Crippen LogP contribution >= 0.6 is 11.3 Å². The van der Waals surface area contributed by atoms with Crippen LogP contribution in [0.3, 0.4) is 0 Å². The Hall–Kier alpha value is -6.28. The highest BCUT2D eigenvalue weighted by Crippen LogP contribution is 2.48. The van der Waals surface area contributed by atoms with E-state index in [9.17, 15) is 0 Å². The van der Waals surface area contributed by atoms with Crippen molar-refractivity contribution in [3.63, 3.8) is 0 Å². The Morgan fingerprint density at radius 1 is 0.275 bits per heavy atom. The third-order valence-corrected chi connectivity index (χ3v) is 12.0. The van der Waals surface area contributed by atoms with Crippen LogP contribution < -0.4 is 0 Å². The summed E-state index contributed by atoms with van der Waals surface area (Å²) in [5, 5.41) is 15.5. The summed E-state index contributed by atoms with van der Waals surface area (Å²) in [7, 11) is 0. The van der Waals surface area contributed by atoms with Gasteiger partial charge in [0.1, 0.15) is 0 Å². The minimum Gasteiger partial charge on any atom is -0.135 e. The fourth-order valence-corrected chi connectivity index (χ4v) is 9.76. The molecule has 0 aliphatic rings. The van der Waals surface area contributed by atoms with E-state index in [2.05, 4.69) is 182 Å². The highest BCUT2D eigenvalue weighted by molar-refractivity contribution is 7.26. The minimum absolute atomic E-state index is 1.25. The van der Waals surface area contributed by atoms with Gasteiger partial charge < -0.3 is 0 Å². The first-order valence-corrected chi connectivity index (χ1v) is 18.4. The van der Waals surface area contributed by atoms with Crippen molar-refractivity contribution in [3.8, 4) is 33.4 Å². The van der Waals surface area contributed by atoms with Crippen molar-refractivity contribution in [1.29, 1.82) is 0 Å². The lowest BCUT2D eigenvalue weighted by molar-refractivity contribution is 1.67. The van der Waals surface area contributed by atoms with E-state index in [4.69, 9.17) is 0 Å². The highest BCUT2D eigenvalue weighted by atomic mass is 32.1. The van der Waals surface area contributed by atoms with E-state index < -0.39 is 0 Å². The summed E-state index contributed by atoms with van der Waals surface area (Å²) in [6.07, 6.45) is 0. The van der Waals surface area contributed by atoms with Gasteiger partial charge in [-0.15, -0.1) is 11.3 Å². The van der Waals surface area contributed by atoms with E-state index in [0.717, 1.165) is 0 Å². The number of hydrogen-bond acceptors (Lipinski definition) is 1. The number of fused-ring (bicyclic) bond motifs is 9. The molecule has 0 aliphatic heterocycles. The molecule has 0 N–H and O–H groups in total. The van der Waals surface area contributed by atoms with Gasteiger partial charge in [0.05, 0.1) is 0 Å². The van der Waals surface area contributed by atoms with Crippen molar-refractivity contribution < 1.29 is 0 Å². The van der Waals surface area contributed by atoms with Crippen LogP contribution in [0.5, 0.6) is 0 Å². The second-order valence-corrected chi connectivity index (χ2v) is 14.6. The number of benzene rings is 10. The maximum absolute atomic E-state index is 2.37. The summed E-state index contributed by atoms with van der Waals surface area (Å²) >= 11 is 1.88. The monoisotopic (exact) mass is 662 g/mol. The van der Waals surface area contributed by atoms with Crippen molar-refractivity contribution in [2.24, 2.45) is 0 Å². The van der Waals surface area contributed by atoms with Crippen LogP contribution in [-0.4, -0.2) is 0 Å². The first-order chi connectivity index (χ1) is 25.3. The van der Waals surface area contributed by atoms with E-state index in [-0.39, 0.29) is 0 Å². The third-order valence-electron chi connectivity index (χ3n) is 10.9. The third kappa shape index (κ3) is 4.26. The summed E-state index contributed by atoms with van der Waals surface area (Å²) in [4.78, 5) is 0. The predicted octanol–water partition coefficient (Wildman–Crippen LogP) is 14.8. The van der Waals surface area contributed by atoms with Gasteiger partial charge in [0.25, 0.3) is 0 Å². The molecule has 11 aromatic rings. The van der Waals surface area contributed by atoms with E-state index in [1.165, 1.54) is 107 Å². The van der Waals surface area contributed by atoms with Crippen LogP contribution in [0.1, 0.15) is 0 Å². The van der Waals surface area contributed by atoms with Crippen molar-refractivity contribution in [2.75, 3.05) is 0 Å².